The van der Waals surface area contributed by atoms with Crippen molar-refractivity contribution in [2.45, 2.75) is 37.8 Å². The van der Waals surface area contributed by atoms with Gasteiger partial charge in [0, 0.05) is 16.3 Å². The minimum atomic E-state index is -0.313. The van der Waals surface area contributed by atoms with Crippen LogP contribution >= 0.6 is 11.6 Å². The zero-order chi connectivity index (χ0) is 19.5. The highest BCUT2D eigenvalue weighted by atomic mass is 35.5. The molecule has 0 saturated heterocycles. The Morgan fingerprint density at radius 2 is 1.68 bits per heavy atom. The van der Waals surface area contributed by atoms with Crippen LogP contribution in [0, 0.1) is 0 Å². The highest BCUT2D eigenvalue weighted by molar-refractivity contribution is 6.30. The second kappa shape index (κ2) is 8.02. The molecule has 0 bridgehead atoms. The summed E-state index contributed by atoms with van der Waals surface area (Å²) in [5.74, 6) is -0.00291. The Labute approximate surface area is 168 Å². The Morgan fingerprint density at radius 3 is 2.43 bits per heavy atom. The first-order chi connectivity index (χ1) is 13.6. The normalized spacial score (nSPS) is 20.9. The number of anilines is 1. The van der Waals surface area contributed by atoms with Crippen molar-refractivity contribution in [1.29, 1.82) is 0 Å². The third-order valence-electron chi connectivity index (χ3n) is 5.12. The number of carbonyl (C=O) groups is 2. The van der Waals surface area contributed by atoms with Crippen molar-refractivity contribution >= 4 is 35.2 Å². The summed E-state index contributed by atoms with van der Waals surface area (Å²) in [6.07, 6.45) is 3.91. The van der Waals surface area contributed by atoms with Crippen LogP contribution < -0.4 is 10.6 Å². The van der Waals surface area contributed by atoms with Gasteiger partial charge in [0.05, 0.1) is 12.1 Å². The molecule has 1 fully saturated rings. The number of aliphatic imine (C=N–C) groups is 1. The van der Waals surface area contributed by atoms with E-state index in [9.17, 15) is 9.59 Å². The fraction of sp³-hybridized carbons (Fsp3) is 0.286. The predicted octanol–water partition coefficient (Wildman–Crippen LogP) is 4.28. The quantitative estimate of drug-likeness (QED) is 0.794. The summed E-state index contributed by atoms with van der Waals surface area (Å²) >= 11 is 5.89. The van der Waals surface area contributed by atoms with E-state index in [1.165, 1.54) is 0 Å². The molecule has 0 unspecified atom stereocenters. The maximum atomic E-state index is 13.0. The fourth-order valence-electron chi connectivity index (χ4n) is 3.74. The first-order valence-corrected chi connectivity index (χ1v) is 9.79. The SMILES string of the molecule is O=C(NC1=N[C@H]2CCCC[C@H]2N1C(=O)Nc1ccccc1)c1ccc(Cl)cc1. The van der Waals surface area contributed by atoms with Gasteiger partial charge in [-0.3, -0.25) is 15.0 Å². The average Bonchev–Trinajstić information content (AvgIpc) is 3.07. The molecule has 1 heterocycles. The van der Waals surface area contributed by atoms with E-state index in [2.05, 4.69) is 15.6 Å². The lowest BCUT2D eigenvalue weighted by atomic mass is 9.91. The molecule has 2 N–H and O–H groups in total. The molecular formula is C21H21ClN4O2. The fourth-order valence-corrected chi connectivity index (χ4v) is 3.87. The summed E-state index contributed by atoms with van der Waals surface area (Å²) in [4.78, 5) is 31.9. The number of halogens is 1. The molecule has 2 aromatic carbocycles. The minimum Gasteiger partial charge on any atom is -0.307 e. The van der Waals surface area contributed by atoms with Crippen LogP contribution in [0.15, 0.2) is 59.6 Å². The number of para-hydroxylation sites is 1. The van der Waals surface area contributed by atoms with E-state index in [1.54, 1.807) is 29.2 Å². The number of benzene rings is 2. The van der Waals surface area contributed by atoms with Crippen LogP contribution in [0.3, 0.4) is 0 Å². The van der Waals surface area contributed by atoms with Gasteiger partial charge < -0.3 is 5.32 Å². The molecule has 0 spiro atoms. The lowest BCUT2D eigenvalue weighted by Crippen LogP contribution is -2.52. The van der Waals surface area contributed by atoms with E-state index in [1.807, 2.05) is 30.3 Å². The average molecular weight is 397 g/mol. The van der Waals surface area contributed by atoms with E-state index >= 15 is 0 Å². The summed E-state index contributed by atoms with van der Waals surface area (Å²) in [5.41, 5.74) is 1.17. The lowest BCUT2D eigenvalue weighted by Gasteiger charge is -2.31. The summed E-state index contributed by atoms with van der Waals surface area (Å²) in [7, 11) is 0. The Morgan fingerprint density at radius 1 is 0.964 bits per heavy atom. The summed E-state index contributed by atoms with van der Waals surface area (Å²) in [6.45, 7) is 0. The van der Waals surface area contributed by atoms with Crippen LogP contribution in [0.2, 0.25) is 5.02 Å². The van der Waals surface area contributed by atoms with Crippen LogP contribution in [0.1, 0.15) is 36.0 Å². The number of hydrogen-bond donors (Lipinski definition) is 2. The molecule has 6 nitrogen and oxygen atoms in total. The maximum Gasteiger partial charge on any atom is 0.328 e. The molecule has 2 aliphatic rings. The second-order valence-electron chi connectivity index (χ2n) is 7.00. The van der Waals surface area contributed by atoms with E-state index in [-0.39, 0.29) is 24.0 Å². The van der Waals surface area contributed by atoms with Gasteiger partial charge >= 0.3 is 6.03 Å². The van der Waals surface area contributed by atoms with Crippen LogP contribution in [-0.2, 0) is 0 Å². The van der Waals surface area contributed by atoms with Crippen molar-refractivity contribution in [2.24, 2.45) is 4.99 Å². The molecule has 1 aliphatic carbocycles. The van der Waals surface area contributed by atoms with E-state index in [0.717, 1.165) is 25.7 Å². The van der Waals surface area contributed by atoms with Crippen molar-refractivity contribution in [3.05, 3.63) is 65.2 Å². The minimum absolute atomic E-state index is 0.0239. The first-order valence-electron chi connectivity index (χ1n) is 9.42. The molecule has 144 valence electrons. The number of rotatable bonds is 2. The molecule has 3 amide bonds. The van der Waals surface area contributed by atoms with Crippen molar-refractivity contribution in [3.8, 4) is 0 Å². The topological polar surface area (TPSA) is 73.8 Å². The van der Waals surface area contributed by atoms with Gasteiger partial charge in [-0.1, -0.05) is 42.6 Å². The number of fused-ring (bicyclic) bond motifs is 1. The first kappa shape index (κ1) is 18.5. The van der Waals surface area contributed by atoms with Gasteiger partial charge in [0.1, 0.15) is 0 Å². The lowest BCUT2D eigenvalue weighted by molar-refractivity contribution is 0.0973. The van der Waals surface area contributed by atoms with Gasteiger partial charge in [-0.25, -0.2) is 9.79 Å². The Kier molecular flexibility index (Phi) is 5.30. The summed E-state index contributed by atoms with van der Waals surface area (Å²) in [6, 6.07) is 15.6. The largest absolute Gasteiger partial charge is 0.328 e. The Hall–Kier alpha value is -2.86. The van der Waals surface area contributed by atoms with Crippen molar-refractivity contribution in [3.63, 3.8) is 0 Å². The Balaban J connectivity index is 1.55. The molecule has 28 heavy (non-hydrogen) atoms. The van der Waals surface area contributed by atoms with Gasteiger partial charge in [0.25, 0.3) is 5.91 Å². The molecule has 1 saturated carbocycles. The van der Waals surface area contributed by atoms with E-state index in [0.29, 0.717) is 22.2 Å². The molecule has 1 aliphatic heterocycles. The molecule has 4 rings (SSSR count). The smallest absolute Gasteiger partial charge is 0.307 e. The van der Waals surface area contributed by atoms with E-state index in [4.69, 9.17) is 11.6 Å². The van der Waals surface area contributed by atoms with Crippen molar-refractivity contribution in [2.75, 3.05) is 5.32 Å². The van der Waals surface area contributed by atoms with Gasteiger partial charge in [-0.15, -0.1) is 0 Å². The van der Waals surface area contributed by atoms with Crippen molar-refractivity contribution < 1.29 is 9.59 Å². The molecule has 0 aromatic heterocycles. The van der Waals surface area contributed by atoms with Crippen molar-refractivity contribution in [1.82, 2.24) is 10.2 Å². The third-order valence-corrected chi connectivity index (χ3v) is 5.37. The number of nitrogens with one attached hydrogen (secondary N) is 2. The monoisotopic (exact) mass is 396 g/mol. The predicted molar refractivity (Wildman–Crippen MR) is 110 cm³/mol. The molecule has 2 atom stereocenters. The molecular weight excluding hydrogens is 376 g/mol. The van der Waals surface area contributed by atoms with Crippen LogP contribution in [0.5, 0.6) is 0 Å². The third kappa shape index (κ3) is 3.87. The second-order valence-corrected chi connectivity index (χ2v) is 7.44. The number of carbonyl (C=O) groups excluding carboxylic acids is 2. The summed E-state index contributed by atoms with van der Waals surface area (Å²) in [5, 5.41) is 6.29. The van der Waals surface area contributed by atoms with Gasteiger partial charge in [-0.05, 0) is 49.2 Å². The van der Waals surface area contributed by atoms with Gasteiger partial charge in [-0.2, -0.15) is 0 Å². The van der Waals surface area contributed by atoms with Crippen LogP contribution in [0.25, 0.3) is 0 Å². The van der Waals surface area contributed by atoms with Crippen LogP contribution in [0.4, 0.5) is 10.5 Å². The number of nitrogens with zero attached hydrogens (tertiary/aromatic N) is 2. The summed E-state index contributed by atoms with van der Waals surface area (Å²) < 4.78 is 0. The zero-order valence-electron chi connectivity index (χ0n) is 15.3. The molecule has 2 aromatic rings. The Bertz CT molecular complexity index is 898. The molecule has 0 radical (unpaired) electrons. The number of guanidine groups is 1. The standard InChI is InChI=1S/C21H21ClN4O2/c22-15-12-10-14(11-13-15)19(27)25-20-24-17-8-4-5-9-18(17)26(20)21(28)23-16-6-2-1-3-7-16/h1-3,6-7,10-13,17-18H,4-5,8-9H2,(H,23,28)(H,24,25,27)/t17-,18+/m0/s1. The number of amides is 3. The zero-order valence-corrected chi connectivity index (χ0v) is 16.0. The maximum absolute atomic E-state index is 13.0. The molecule has 7 heteroatoms. The van der Waals surface area contributed by atoms with Gasteiger partial charge in [0.2, 0.25) is 5.96 Å². The van der Waals surface area contributed by atoms with Gasteiger partial charge in [0.15, 0.2) is 0 Å². The highest BCUT2D eigenvalue weighted by Gasteiger charge is 2.41. The highest BCUT2D eigenvalue weighted by Crippen LogP contribution is 2.31. The number of urea groups is 1. The van der Waals surface area contributed by atoms with Crippen LogP contribution in [-0.4, -0.2) is 34.9 Å². The van der Waals surface area contributed by atoms with E-state index < -0.39 is 0 Å². The number of hydrogen-bond acceptors (Lipinski definition) is 3.